The molecule has 2 heterocycles. The van der Waals surface area contributed by atoms with E-state index in [1.54, 1.807) is 18.2 Å². The normalized spacial score (nSPS) is 11.0. The molecule has 0 bridgehead atoms. The monoisotopic (exact) mass is 305 g/mol. The maximum absolute atomic E-state index is 14.3. The molecule has 0 spiro atoms. The first-order valence-corrected chi connectivity index (χ1v) is 7.06. The number of aromatic nitrogens is 4. The lowest BCUT2D eigenvalue weighted by atomic mass is 9.97. The van der Waals surface area contributed by atoms with Crippen molar-refractivity contribution in [2.45, 2.75) is 0 Å². The summed E-state index contributed by atoms with van der Waals surface area (Å²) in [7, 11) is 0. The molecule has 2 aromatic heterocycles. The molecule has 0 atom stereocenters. The predicted molar refractivity (Wildman–Crippen MR) is 86.9 cm³/mol. The Morgan fingerprint density at radius 3 is 2.43 bits per heavy atom. The summed E-state index contributed by atoms with van der Waals surface area (Å²) in [6, 6.07) is 16.0. The van der Waals surface area contributed by atoms with E-state index in [9.17, 15) is 4.39 Å². The van der Waals surface area contributed by atoms with Gasteiger partial charge in [0.1, 0.15) is 11.5 Å². The van der Waals surface area contributed by atoms with E-state index in [0.717, 1.165) is 5.56 Å². The number of H-pyrrole nitrogens is 1. The lowest BCUT2D eigenvalue weighted by Crippen LogP contribution is -1.97. The largest absolute Gasteiger partial charge is 0.382 e. The fourth-order valence-corrected chi connectivity index (χ4v) is 2.66. The van der Waals surface area contributed by atoms with E-state index in [1.807, 2.05) is 30.3 Å². The van der Waals surface area contributed by atoms with Crippen molar-refractivity contribution in [2.24, 2.45) is 0 Å². The summed E-state index contributed by atoms with van der Waals surface area (Å²) in [6.45, 7) is 0. The Bertz CT molecular complexity index is 994. The highest BCUT2D eigenvalue weighted by Gasteiger charge is 2.20. The predicted octanol–water partition coefficient (Wildman–Crippen LogP) is 3.41. The lowest BCUT2D eigenvalue weighted by Gasteiger charge is -2.10. The Balaban J connectivity index is 2.13. The molecule has 0 amide bonds. The summed E-state index contributed by atoms with van der Waals surface area (Å²) in [5, 5.41) is 15.7. The third kappa shape index (κ3) is 2.12. The molecule has 0 aliphatic carbocycles. The second-order valence-corrected chi connectivity index (χ2v) is 5.10. The molecule has 112 valence electrons. The fraction of sp³-hybridized carbons (Fsp3) is 0. The molecule has 3 N–H and O–H groups in total. The molecule has 0 saturated carbocycles. The van der Waals surface area contributed by atoms with Gasteiger partial charge in [-0.05, 0) is 17.7 Å². The van der Waals surface area contributed by atoms with Gasteiger partial charge in [-0.25, -0.2) is 4.39 Å². The van der Waals surface area contributed by atoms with Crippen LogP contribution >= 0.6 is 0 Å². The van der Waals surface area contributed by atoms with Crippen molar-refractivity contribution in [3.05, 3.63) is 60.4 Å². The first kappa shape index (κ1) is 13.4. The summed E-state index contributed by atoms with van der Waals surface area (Å²) in [5.74, 6) is -0.0493. The Hall–Kier alpha value is -3.28. The van der Waals surface area contributed by atoms with Gasteiger partial charge in [0.15, 0.2) is 11.5 Å². The number of fused-ring (bicyclic) bond motifs is 1. The van der Waals surface area contributed by atoms with E-state index in [2.05, 4.69) is 20.4 Å². The van der Waals surface area contributed by atoms with Crippen LogP contribution in [0.15, 0.2) is 54.6 Å². The minimum Gasteiger partial charge on any atom is -0.382 e. The van der Waals surface area contributed by atoms with E-state index in [1.165, 1.54) is 6.07 Å². The van der Waals surface area contributed by atoms with Crippen LogP contribution < -0.4 is 5.73 Å². The molecule has 23 heavy (non-hydrogen) atoms. The number of nitrogens with zero attached hydrogens (tertiary/aromatic N) is 3. The summed E-state index contributed by atoms with van der Waals surface area (Å²) >= 11 is 0. The van der Waals surface area contributed by atoms with Crippen LogP contribution in [-0.4, -0.2) is 20.4 Å². The Morgan fingerprint density at radius 2 is 1.65 bits per heavy atom. The minimum absolute atomic E-state index is 0.311. The molecule has 4 rings (SSSR count). The number of aromatic amines is 1. The number of nitrogens with two attached hydrogens (primary N) is 1. The third-order valence-electron chi connectivity index (χ3n) is 3.70. The molecule has 2 aromatic carbocycles. The van der Waals surface area contributed by atoms with Gasteiger partial charge in [0.25, 0.3) is 0 Å². The number of rotatable bonds is 2. The van der Waals surface area contributed by atoms with Crippen molar-refractivity contribution in [3.63, 3.8) is 0 Å². The SMILES string of the molecule is Nc1n[nH]c2nnc(-c3ccccc3F)c(-c3ccccc3)c12. The summed E-state index contributed by atoms with van der Waals surface area (Å²) in [5.41, 5.74) is 8.87. The van der Waals surface area contributed by atoms with Gasteiger partial charge in [0.2, 0.25) is 0 Å². The van der Waals surface area contributed by atoms with Crippen LogP contribution in [0.5, 0.6) is 0 Å². The standard InChI is InChI=1S/C17H12FN5/c18-12-9-5-4-8-11(12)15-13(10-6-2-1-3-7-10)14-16(19)21-23-17(14)22-20-15/h1-9H,(H3,19,21,22,23). The highest BCUT2D eigenvalue weighted by atomic mass is 19.1. The molecule has 0 saturated heterocycles. The van der Waals surface area contributed by atoms with Gasteiger partial charge in [-0.3, -0.25) is 5.10 Å². The maximum Gasteiger partial charge on any atom is 0.180 e. The average molecular weight is 305 g/mol. The van der Waals surface area contributed by atoms with Crippen molar-refractivity contribution in [2.75, 3.05) is 5.73 Å². The smallest absolute Gasteiger partial charge is 0.180 e. The number of benzene rings is 2. The summed E-state index contributed by atoms with van der Waals surface area (Å²) < 4.78 is 14.3. The molecule has 0 radical (unpaired) electrons. The zero-order chi connectivity index (χ0) is 15.8. The van der Waals surface area contributed by atoms with E-state index < -0.39 is 0 Å². The van der Waals surface area contributed by atoms with Crippen LogP contribution in [0.1, 0.15) is 0 Å². The summed E-state index contributed by atoms with van der Waals surface area (Å²) in [6.07, 6.45) is 0. The zero-order valence-corrected chi connectivity index (χ0v) is 12.0. The number of nitrogen functional groups attached to an aromatic ring is 1. The van der Waals surface area contributed by atoms with Crippen LogP contribution in [0, 0.1) is 5.82 Å². The van der Waals surface area contributed by atoms with E-state index in [-0.39, 0.29) is 5.82 Å². The van der Waals surface area contributed by atoms with Crippen LogP contribution in [-0.2, 0) is 0 Å². The molecule has 6 heteroatoms. The number of halogens is 1. The Kier molecular flexibility index (Phi) is 3.01. The zero-order valence-electron chi connectivity index (χ0n) is 12.0. The average Bonchev–Trinajstić information content (AvgIpc) is 2.97. The van der Waals surface area contributed by atoms with E-state index >= 15 is 0 Å². The number of hydrogen-bond acceptors (Lipinski definition) is 4. The van der Waals surface area contributed by atoms with Gasteiger partial charge in [-0.2, -0.15) is 5.10 Å². The van der Waals surface area contributed by atoms with Crippen molar-refractivity contribution < 1.29 is 4.39 Å². The molecular weight excluding hydrogens is 293 g/mol. The highest BCUT2D eigenvalue weighted by molar-refractivity contribution is 6.04. The van der Waals surface area contributed by atoms with Crippen molar-refractivity contribution >= 4 is 16.9 Å². The van der Waals surface area contributed by atoms with Crippen molar-refractivity contribution in [1.82, 2.24) is 20.4 Å². The lowest BCUT2D eigenvalue weighted by molar-refractivity contribution is 0.630. The van der Waals surface area contributed by atoms with Gasteiger partial charge in [-0.15, -0.1) is 10.2 Å². The van der Waals surface area contributed by atoms with Crippen LogP contribution in [0.4, 0.5) is 10.2 Å². The van der Waals surface area contributed by atoms with Crippen LogP contribution in [0.3, 0.4) is 0 Å². The molecule has 0 unspecified atom stereocenters. The summed E-state index contributed by atoms with van der Waals surface area (Å²) in [4.78, 5) is 0. The molecule has 5 nitrogen and oxygen atoms in total. The van der Waals surface area contributed by atoms with Crippen LogP contribution in [0.2, 0.25) is 0 Å². The molecule has 0 fully saturated rings. The highest BCUT2D eigenvalue weighted by Crippen LogP contribution is 2.37. The molecule has 4 aromatic rings. The van der Waals surface area contributed by atoms with Crippen molar-refractivity contribution in [3.8, 4) is 22.4 Å². The second kappa shape index (κ2) is 5.17. The second-order valence-electron chi connectivity index (χ2n) is 5.10. The quantitative estimate of drug-likeness (QED) is 0.594. The first-order valence-electron chi connectivity index (χ1n) is 7.06. The Morgan fingerprint density at radius 1 is 0.913 bits per heavy atom. The minimum atomic E-state index is -0.361. The molecule has 0 aliphatic heterocycles. The van der Waals surface area contributed by atoms with Crippen molar-refractivity contribution in [1.29, 1.82) is 0 Å². The Labute approximate surface area is 131 Å². The van der Waals surface area contributed by atoms with Gasteiger partial charge < -0.3 is 5.73 Å². The van der Waals surface area contributed by atoms with E-state index in [0.29, 0.717) is 33.7 Å². The topological polar surface area (TPSA) is 80.5 Å². The van der Waals surface area contributed by atoms with Gasteiger partial charge in [0.05, 0.1) is 5.39 Å². The fourth-order valence-electron chi connectivity index (χ4n) is 2.66. The number of hydrogen-bond donors (Lipinski definition) is 2. The van der Waals surface area contributed by atoms with Gasteiger partial charge >= 0.3 is 0 Å². The van der Waals surface area contributed by atoms with Gasteiger partial charge in [-0.1, -0.05) is 42.5 Å². The first-order chi connectivity index (χ1) is 11.3. The number of nitrogens with one attached hydrogen (secondary N) is 1. The van der Waals surface area contributed by atoms with E-state index in [4.69, 9.17) is 5.73 Å². The van der Waals surface area contributed by atoms with Gasteiger partial charge in [0, 0.05) is 11.1 Å². The molecular formula is C17H12FN5. The maximum atomic E-state index is 14.3. The molecule has 0 aliphatic rings. The third-order valence-corrected chi connectivity index (χ3v) is 3.70. The van der Waals surface area contributed by atoms with Crippen LogP contribution in [0.25, 0.3) is 33.4 Å². The number of anilines is 1.